The summed E-state index contributed by atoms with van der Waals surface area (Å²) < 4.78 is 20.0. The number of carbonyl (C=O) groups is 3. The first-order valence-electron chi connectivity index (χ1n) is 9.52. The highest BCUT2D eigenvalue weighted by Crippen LogP contribution is 2.47. The molecule has 1 aliphatic heterocycles. The zero-order valence-corrected chi connectivity index (χ0v) is 16.2. The van der Waals surface area contributed by atoms with Crippen molar-refractivity contribution in [2.24, 2.45) is 0 Å². The van der Waals surface area contributed by atoms with Gasteiger partial charge in [0.05, 0.1) is 24.5 Å². The highest BCUT2D eigenvalue weighted by molar-refractivity contribution is 5.90. The standard InChI is InChI=1S/C21H20FN3O5/c1-12(26)23-10-15-11-25(20(29)30-15)14-3-4-16(17(22)8-14)13-2-5-18(24-9-13)21(6-7-21)19(27)28/h2-5,8-9,15H,6-7,10-11H2,1H3,(H,23,26)(H,27,28). The van der Waals surface area contributed by atoms with Gasteiger partial charge in [0.1, 0.15) is 17.3 Å². The number of aliphatic carboxylic acids is 1. The van der Waals surface area contributed by atoms with E-state index in [9.17, 15) is 23.9 Å². The van der Waals surface area contributed by atoms with Crippen LogP contribution in [0.1, 0.15) is 25.5 Å². The van der Waals surface area contributed by atoms with Crippen LogP contribution in [0.2, 0.25) is 0 Å². The lowest BCUT2D eigenvalue weighted by molar-refractivity contribution is -0.140. The van der Waals surface area contributed by atoms with Crippen molar-refractivity contribution < 1.29 is 28.6 Å². The van der Waals surface area contributed by atoms with Crippen molar-refractivity contribution in [2.45, 2.75) is 31.3 Å². The summed E-state index contributed by atoms with van der Waals surface area (Å²) in [6, 6.07) is 7.66. The van der Waals surface area contributed by atoms with E-state index in [1.165, 1.54) is 24.1 Å². The number of hydrogen-bond donors (Lipinski definition) is 2. The average Bonchev–Trinajstić information content (AvgIpc) is 3.44. The van der Waals surface area contributed by atoms with Gasteiger partial charge >= 0.3 is 12.1 Å². The van der Waals surface area contributed by atoms with Crippen LogP contribution in [-0.2, 0) is 19.7 Å². The van der Waals surface area contributed by atoms with Gasteiger partial charge in [-0.3, -0.25) is 19.5 Å². The first-order chi connectivity index (χ1) is 14.3. The van der Waals surface area contributed by atoms with Crippen LogP contribution in [0.5, 0.6) is 0 Å². The number of hydrogen-bond acceptors (Lipinski definition) is 5. The molecule has 2 aromatic rings. The Balaban J connectivity index is 1.50. The van der Waals surface area contributed by atoms with Crippen LogP contribution in [0.4, 0.5) is 14.9 Å². The third kappa shape index (κ3) is 3.58. The maximum Gasteiger partial charge on any atom is 0.414 e. The number of carbonyl (C=O) groups excluding carboxylic acids is 2. The number of rotatable bonds is 6. The van der Waals surface area contributed by atoms with E-state index in [0.29, 0.717) is 35.3 Å². The molecule has 0 radical (unpaired) electrons. The molecule has 8 nitrogen and oxygen atoms in total. The van der Waals surface area contributed by atoms with Gasteiger partial charge in [0.25, 0.3) is 0 Å². The molecule has 1 atom stereocenters. The van der Waals surface area contributed by atoms with Crippen molar-refractivity contribution in [1.82, 2.24) is 10.3 Å². The number of ether oxygens (including phenoxy) is 1. The van der Waals surface area contributed by atoms with E-state index in [2.05, 4.69) is 10.3 Å². The minimum Gasteiger partial charge on any atom is -0.481 e. The second-order valence-corrected chi connectivity index (χ2v) is 7.54. The van der Waals surface area contributed by atoms with Crippen molar-refractivity contribution in [3.05, 3.63) is 48.0 Å². The smallest absolute Gasteiger partial charge is 0.414 e. The molecular weight excluding hydrogens is 393 g/mol. The number of anilines is 1. The van der Waals surface area contributed by atoms with Crippen LogP contribution in [0.3, 0.4) is 0 Å². The molecule has 9 heteroatoms. The maximum absolute atomic E-state index is 14.8. The summed E-state index contributed by atoms with van der Waals surface area (Å²) in [7, 11) is 0. The molecule has 2 amide bonds. The van der Waals surface area contributed by atoms with Gasteiger partial charge in [0.2, 0.25) is 5.91 Å². The summed E-state index contributed by atoms with van der Waals surface area (Å²) in [6.45, 7) is 1.76. The summed E-state index contributed by atoms with van der Waals surface area (Å²) in [5, 5.41) is 11.9. The van der Waals surface area contributed by atoms with Crippen molar-refractivity contribution >= 4 is 23.7 Å². The fourth-order valence-corrected chi connectivity index (χ4v) is 3.54. The number of amides is 2. The van der Waals surface area contributed by atoms with Crippen LogP contribution >= 0.6 is 0 Å². The number of pyridine rings is 1. The van der Waals surface area contributed by atoms with Gasteiger partial charge in [-0.25, -0.2) is 9.18 Å². The summed E-state index contributed by atoms with van der Waals surface area (Å²) >= 11 is 0. The third-order valence-electron chi connectivity index (χ3n) is 5.44. The van der Waals surface area contributed by atoms with Gasteiger partial charge in [0, 0.05) is 24.2 Å². The van der Waals surface area contributed by atoms with E-state index in [-0.39, 0.29) is 19.0 Å². The lowest BCUT2D eigenvalue weighted by Gasteiger charge is -2.15. The molecule has 1 saturated heterocycles. The Morgan fingerprint density at radius 3 is 2.67 bits per heavy atom. The Labute approximate surface area is 171 Å². The van der Waals surface area contributed by atoms with Crippen molar-refractivity contribution in [3.63, 3.8) is 0 Å². The number of benzene rings is 1. The number of carboxylic acid groups (broad SMARTS) is 1. The Hall–Kier alpha value is -3.49. The molecule has 1 aliphatic carbocycles. The molecule has 1 aromatic heterocycles. The monoisotopic (exact) mass is 413 g/mol. The zero-order chi connectivity index (χ0) is 21.5. The first-order valence-corrected chi connectivity index (χ1v) is 9.52. The maximum atomic E-state index is 14.8. The number of halogens is 1. The highest BCUT2D eigenvalue weighted by Gasteiger charge is 2.53. The molecule has 30 heavy (non-hydrogen) atoms. The molecule has 2 N–H and O–H groups in total. The second-order valence-electron chi connectivity index (χ2n) is 7.54. The number of carboxylic acids is 1. The number of nitrogens with zero attached hydrogens (tertiary/aromatic N) is 2. The minimum atomic E-state index is -0.912. The summed E-state index contributed by atoms with van der Waals surface area (Å²) in [5.41, 5.74) is 0.710. The molecule has 1 aromatic carbocycles. The predicted octanol–water partition coefficient (Wildman–Crippen LogP) is 2.47. The van der Waals surface area contributed by atoms with Gasteiger partial charge in [-0.05, 0) is 37.1 Å². The molecule has 156 valence electrons. The van der Waals surface area contributed by atoms with Gasteiger partial charge in [-0.1, -0.05) is 6.07 Å². The van der Waals surface area contributed by atoms with Crippen LogP contribution < -0.4 is 10.2 Å². The normalized spacial score (nSPS) is 19.3. The summed E-state index contributed by atoms with van der Waals surface area (Å²) in [5.74, 6) is -1.66. The average molecular weight is 413 g/mol. The Morgan fingerprint density at radius 1 is 1.33 bits per heavy atom. The molecular formula is C21H20FN3O5. The van der Waals surface area contributed by atoms with Crippen LogP contribution in [-0.4, -0.2) is 47.3 Å². The molecule has 1 unspecified atom stereocenters. The third-order valence-corrected chi connectivity index (χ3v) is 5.44. The fraction of sp³-hybridized carbons (Fsp3) is 0.333. The van der Waals surface area contributed by atoms with Crippen LogP contribution in [0.25, 0.3) is 11.1 Å². The van der Waals surface area contributed by atoms with Crippen molar-refractivity contribution in [3.8, 4) is 11.1 Å². The molecule has 2 fully saturated rings. The molecule has 0 spiro atoms. The van der Waals surface area contributed by atoms with Crippen molar-refractivity contribution in [1.29, 1.82) is 0 Å². The largest absolute Gasteiger partial charge is 0.481 e. The topological polar surface area (TPSA) is 109 Å². The van der Waals surface area contributed by atoms with E-state index in [1.54, 1.807) is 24.3 Å². The van der Waals surface area contributed by atoms with E-state index in [4.69, 9.17) is 4.74 Å². The SMILES string of the molecule is CC(=O)NCC1CN(c2ccc(-c3ccc(C4(C(=O)O)CC4)nc3)c(F)c2)C(=O)O1. The summed E-state index contributed by atoms with van der Waals surface area (Å²) in [6.07, 6.45) is 1.44. The van der Waals surface area contributed by atoms with Crippen LogP contribution in [0, 0.1) is 5.82 Å². The minimum absolute atomic E-state index is 0.188. The molecule has 0 bridgehead atoms. The quantitative estimate of drug-likeness (QED) is 0.753. The molecule has 4 rings (SSSR count). The highest BCUT2D eigenvalue weighted by atomic mass is 19.1. The van der Waals surface area contributed by atoms with E-state index >= 15 is 0 Å². The Morgan fingerprint density at radius 2 is 2.10 bits per heavy atom. The second kappa shape index (κ2) is 7.40. The number of nitrogens with one attached hydrogen (secondary N) is 1. The fourth-order valence-electron chi connectivity index (χ4n) is 3.54. The number of aromatic nitrogens is 1. The Kier molecular flexibility index (Phi) is 4.89. The lowest BCUT2D eigenvalue weighted by Crippen LogP contribution is -2.33. The zero-order valence-electron chi connectivity index (χ0n) is 16.2. The first kappa shape index (κ1) is 19.8. The van der Waals surface area contributed by atoms with Gasteiger partial charge in [0.15, 0.2) is 0 Å². The summed E-state index contributed by atoms with van der Waals surface area (Å²) in [4.78, 5) is 40.1. The molecule has 2 aliphatic rings. The molecule has 1 saturated carbocycles. The van der Waals surface area contributed by atoms with E-state index in [1.807, 2.05) is 0 Å². The van der Waals surface area contributed by atoms with Gasteiger partial charge in [-0.2, -0.15) is 0 Å². The van der Waals surface area contributed by atoms with Gasteiger partial charge < -0.3 is 15.2 Å². The predicted molar refractivity (Wildman–Crippen MR) is 104 cm³/mol. The van der Waals surface area contributed by atoms with Gasteiger partial charge in [-0.15, -0.1) is 0 Å². The lowest BCUT2D eigenvalue weighted by atomic mass is 10.00. The molecule has 2 heterocycles. The van der Waals surface area contributed by atoms with Crippen LogP contribution in [0.15, 0.2) is 36.5 Å². The van der Waals surface area contributed by atoms with Crippen molar-refractivity contribution in [2.75, 3.05) is 18.0 Å². The van der Waals surface area contributed by atoms with E-state index < -0.39 is 29.4 Å². The van der Waals surface area contributed by atoms with E-state index in [0.717, 1.165) is 0 Å². The number of cyclic esters (lactones) is 1. The Bertz CT molecular complexity index is 1020.